The summed E-state index contributed by atoms with van der Waals surface area (Å²) >= 11 is 0. The summed E-state index contributed by atoms with van der Waals surface area (Å²) in [5.41, 5.74) is 2.92. The Kier molecular flexibility index (Phi) is 7.58. The highest BCUT2D eigenvalue weighted by Crippen LogP contribution is 2.15. The van der Waals surface area contributed by atoms with E-state index in [1.54, 1.807) is 0 Å². The van der Waals surface area contributed by atoms with Crippen LogP contribution in [0, 0.1) is 0 Å². The summed E-state index contributed by atoms with van der Waals surface area (Å²) in [7, 11) is 9.37. The molecule has 2 heteroatoms. The maximum atomic E-state index is 2.34. The first kappa shape index (κ1) is 19.2. The minimum atomic E-state index is 1.09. The Balaban J connectivity index is 2.59. The van der Waals surface area contributed by atoms with Crippen LogP contribution in [0.5, 0.6) is 0 Å². The third kappa shape index (κ3) is 7.42. The molecular weight excluding hydrogens is 268 g/mol. The molecule has 0 heterocycles. The molecule has 0 saturated carbocycles. The summed E-state index contributed by atoms with van der Waals surface area (Å²) in [4.78, 5) is 0. The Hall–Kier alpha value is -0.860. The van der Waals surface area contributed by atoms with Crippen LogP contribution < -0.4 is 0 Å². The molecule has 0 aliphatic heterocycles. The average Bonchev–Trinajstić information content (AvgIpc) is 2.45. The van der Waals surface area contributed by atoms with Crippen molar-refractivity contribution in [3.63, 3.8) is 0 Å². The maximum Gasteiger partial charge on any atom is 0.104 e. The van der Waals surface area contributed by atoms with Crippen molar-refractivity contribution in [2.45, 2.75) is 52.6 Å². The van der Waals surface area contributed by atoms with Crippen LogP contribution in [0.4, 0.5) is 0 Å². The summed E-state index contributed by atoms with van der Waals surface area (Å²) in [6, 6.07) is 9.34. The van der Waals surface area contributed by atoms with E-state index in [-0.39, 0.29) is 0 Å². The van der Waals surface area contributed by atoms with Gasteiger partial charge in [-0.1, -0.05) is 51.0 Å². The van der Waals surface area contributed by atoms with E-state index in [1.807, 2.05) is 0 Å². The van der Waals surface area contributed by atoms with Gasteiger partial charge in [-0.15, -0.1) is 0 Å². The standard InChI is InChI=1S/C20H38N2/c1-7-9-15-21(3,4)17-19-11-13-20(14-12-19)18-22(5,6)16-10-8-2/h11-14H,7-10,15-18H2,1-6H3/q+2. The van der Waals surface area contributed by atoms with Gasteiger partial charge >= 0.3 is 0 Å². The molecule has 2 nitrogen and oxygen atoms in total. The molecule has 0 spiro atoms. The minimum absolute atomic E-state index is 1.09. The van der Waals surface area contributed by atoms with Gasteiger partial charge in [-0.05, 0) is 12.8 Å². The van der Waals surface area contributed by atoms with E-state index in [1.165, 1.54) is 49.9 Å². The monoisotopic (exact) mass is 306 g/mol. The zero-order valence-corrected chi connectivity index (χ0v) is 15.9. The third-order valence-corrected chi connectivity index (χ3v) is 4.48. The molecule has 0 aliphatic rings. The van der Waals surface area contributed by atoms with Crippen LogP contribution >= 0.6 is 0 Å². The van der Waals surface area contributed by atoms with E-state index < -0.39 is 0 Å². The Bertz CT molecular complexity index is 377. The number of rotatable bonds is 10. The molecule has 0 radical (unpaired) electrons. The molecule has 0 N–H and O–H groups in total. The lowest BCUT2D eigenvalue weighted by Crippen LogP contribution is -2.40. The minimum Gasteiger partial charge on any atom is -0.325 e. The Labute approximate surface area is 138 Å². The van der Waals surface area contributed by atoms with Gasteiger partial charge in [0, 0.05) is 11.1 Å². The van der Waals surface area contributed by atoms with E-state index in [0.717, 1.165) is 22.1 Å². The topological polar surface area (TPSA) is 0 Å². The highest BCUT2D eigenvalue weighted by atomic mass is 15.3. The zero-order valence-electron chi connectivity index (χ0n) is 15.9. The van der Waals surface area contributed by atoms with Gasteiger partial charge in [0.1, 0.15) is 13.1 Å². The van der Waals surface area contributed by atoms with E-state index in [9.17, 15) is 0 Å². The van der Waals surface area contributed by atoms with Crippen molar-refractivity contribution < 1.29 is 8.97 Å². The molecule has 126 valence electrons. The molecule has 0 fully saturated rings. The van der Waals surface area contributed by atoms with Gasteiger partial charge in [0.15, 0.2) is 0 Å². The number of benzene rings is 1. The molecule has 22 heavy (non-hydrogen) atoms. The lowest BCUT2D eigenvalue weighted by molar-refractivity contribution is -0.904. The molecule has 0 bridgehead atoms. The van der Waals surface area contributed by atoms with Gasteiger partial charge in [-0.2, -0.15) is 0 Å². The number of nitrogens with zero attached hydrogens (tertiary/aromatic N) is 2. The van der Waals surface area contributed by atoms with Crippen LogP contribution in [-0.4, -0.2) is 50.2 Å². The van der Waals surface area contributed by atoms with Crippen molar-refractivity contribution in [2.75, 3.05) is 41.3 Å². The molecule has 0 atom stereocenters. The average molecular weight is 307 g/mol. The number of unbranched alkanes of at least 4 members (excludes halogenated alkanes) is 2. The van der Waals surface area contributed by atoms with Gasteiger partial charge in [0.25, 0.3) is 0 Å². The number of hydrogen-bond acceptors (Lipinski definition) is 0. The summed E-state index contributed by atoms with van der Waals surface area (Å²) in [6.45, 7) is 9.34. The Morgan fingerprint density at radius 1 is 0.636 bits per heavy atom. The van der Waals surface area contributed by atoms with E-state index >= 15 is 0 Å². The van der Waals surface area contributed by atoms with Crippen LogP contribution in [-0.2, 0) is 13.1 Å². The smallest absolute Gasteiger partial charge is 0.104 e. The predicted octanol–water partition coefficient (Wildman–Crippen LogP) is 4.44. The van der Waals surface area contributed by atoms with Gasteiger partial charge in [0.05, 0.1) is 41.3 Å². The zero-order chi connectivity index (χ0) is 16.6. The van der Waals surface area contributed by atoms with Crippen molar-refractivity contribution >= 4 is 0 Å². The predicted molar refractivity (Wildman–Crippen MR) is 97.6 cm³/mol. The Morgan fingerprint density at radius 3 is 1.23 bits per heavy atom. The SMILES string of the molecule is CCCC[N+](C)(C)Cc1ccc(C[N+](C)(C)CCCC)cc1. The quantitative estimate of drug-likeness (QED) is 0.561. The second-order valence-corrected chi connectivity index (χ2v) is 8.16. The lowest BCUT2D eigenvalue weighted by atomic mass is 10.1. The van der Waals surface area contributed by atoms with Crippen molar-refractivity contribution in [3.8, 4) is 0 Å². The van der Waals surface area contributed by atoms with Gasteiger partial charge in [0.2, 0.25) is 0 Å². The summed E-state index contributed by atoms with van der Waals surface area (Å²) in [5, 5.41) is 0. The molecule has 0 aliphatic carbocycles. The summed E-state index contributed by atoms with van der Waals surface area (Å²) in [6.07, 6.45) is 5.19. The molecule has 0 unspecified atom stereocenters. The second kappa shape index (κ2) is 8.69. The van der Waals surface area contributed by atoms with Crippen LogP contribution in [0.3, 0.4) is 0 Å². The Morgan fingerprint density at radius 2 is 0.955 bits per heavy atom. The molecule has 1 aromatic rings. The first-order valence-electron chi connectivity index (χ1n) is 9.00. The molecular formula is C20H38N2+2. The van der Waals surface area contributed by atoms with E-state index in [0.29, 0.717) is 0 Å². The highest BCUT2D eigenvalue weighted by Gasteiger charge is 2.17. The van der Waals surface area contributed by atoms with Crippen LogP contribution in [0.25, 0.3) is 0 Å². The van der Waals surface area contributed by atoms with Crippen LogP contribution in [0.1, 0.15) is 50.7 Å². The molecule has 0 saturated heterocycles. The number of hydrogen-bond donors (Lipinski definition) is 0. The molecule has 0 aromatic heterocycles. The fourth-order valence-electron chi connectivity index (χ4n) is 3.07. The van der Waals surface area contributed by atoms with Crippen LogP contribution in [0.2, 0.25) is 0 Å². The van der Waals surface area contributed by atoms with E-state index in [4.69, 9.17) is 0 Å². The summed E-state index contributed by atoms with van der Waals surface area (Å²) in [5.74, 6) is 0. The maximum absolute atomic E-state index is 2.34. The first-order valence-corrected chi connectivity index (χ1v) is 9.00. The second-order valence-electron chi connectivity index (χ2n) is 8.16. The largest absolute Gasteiger partial charge is 0.325 e. The highest BCUT2D eigenvalue weighted by molar-refractivity contribution is 5.21. The fourth-order valence-corrected chi connectivity index (χ4v) is 3.07. The van der Waals surface area contributed by atoms with Crippen LogP contribution in [0.15, 0.2) is 24.3 Å². The molecule has 0 amide bonds. The molecule has 1 rings (SSSR count). The van der Waals surface area contributed by atoms with Crippen molar-refractivity contribution in [1.29, 1.82) is 0 Å². The van der Waals surface area contributed by atoms with Crippen molar-refractivity contribution in [1.82, 2.24) is 0 Å². The lowest BCUT2D eigenvalue weighted by Gasteiger charge is -2.31. The van der Waals surface area contributed by atoms with E-state index in [2.05, 4.69) is 66.3 Å². The van der Waals surface area contributed by atoms with Crippen molar-refractivity contribution in [3.05, 3.63) is 35.4 Å². The first-order chi connectivity index (χ1) is 10.3. The van der Waals surface area contributed by atoms with Crippen molar-refractivity contribution in [2.24, 2.45) is 0 Å². The summed E-state index contributed by atoms with van der Waals surface area (Å²) < 4.78 is 2.18. The number of quaternary nitrogens is 2. The van der Waals surface area contributed by atoms with Gasteiger partial charge in [-0.25, -0.2) is 0 Å². The normalized spacial score (nSPS) is 12.6. The third-order valence-electron chi connectivity index (χ3n) is 4.48. The fraction of sp³-hybridized carbons (Fsp3) is 0.700. The van der Waals surface area contributed by atoms with Gasteiger partial charge in [-0.3, -0.25) is 0 Å². The molecule has 1 aromatic carbocycles. The van der Waals surface area contributed by atoms with Gasteiger partial charge < -0.3 is 8.97 Å².